The van der Waals surface area contributed by atoms with Crippen molar-refractivity contribution >= 4 is 44.2 Å². The number of fused-ring (bicyclic) bond motifs is 1. The zero-order valence-corrected chi connectivity index (χ0v) is 14.0. The Morgan fingerprint density at radius 1 is 1.22 bits per heavy atom. The van der Waals surface area contributed by atoms with E-state index in [1.807, 2.05) is 6.07 Å². The molecular weight excluding hydrogens is 336 g/mol. The van der Waals surface area contributed by atoms with Crippen LogP contribution < -0.4 is 14.8 Å². The molecule has 1 heterocycles. The Balaban J connectivity index is 1.95. The molecule has 0 spiro atoms. The molecule has 1 amide bonds. The summed E-state index contributed by atoms with van der Waals surface area (Å²) >= 11 is 7.38. The third-order valence-corrected chi connectivity index (χ3v) is 4.48. The Kier molecular flexibility index (Phi) is 4.36. The monoisotopic (exact) mass is 348 g/mol. The van der Waals surface area contributed by atoms with Crippen molar-refractivity contribution in [2.75, 3.05) is 19.5 Å². The van der Waals surface area contributed by atoms with Crippen LogP contribution in [0.15, 0.2) is 36.4 Å². The van der Waals surface area contributed by atoms with Crippen molar-refractivity contribution in [3.63, 3.8) is 0 Å². The van der Waals surface area contributed by atoms with Gasteiger partial charge in [0.1, 0.15) is 17.0 Å². The lowest BCUT2D eigenvalue weighted by Gasteiger charge is -2.04. The molecule has 2 aromatic carbocycles. The second-order valence-electron chi connectivity index (χ2n) is 4.63. The van der Waals surface area contributed by atoms with Gasteiger partial charge in [-0.1, -0.05) is 35.1 Å². The molecule has 3 rings (SSSR count). The normalized spacial score (nSPS) is 10.6. The third-order valence-electron chi connectivity index (χ3n) is 3.23. The first-order valence-electron chi connectivity index (χ1n) is 6.71. The first kappa shape index (κ1) is 15.6. The van der Waals surface area contributed by atoms with Crippen LogP contribution in [0.4, 0.5) is 5.13 Å². The number of hydrogen-bond acceptors (Lipinski definition) is 5. The number of nitrogens with zero attached hydrogens (tertiary/aromatic N) is 1. The van der Waals surface area contributed by atoms with Gasteiger partial charge in [-0.2, -0.15) is 0 Å². The maximum absolute atomic E-state index is 12.3. The molecular formula is C16H13ClN2O3S. The third kappa shape index (κ3) is 3.09. The number of halogens is 1. The Bertz CT molecular complexity index is 879. The van der Waals surface area contributed by atoms with Gasteiger partial charge < -0.3 is 9.47 Å². The minimum Gasteiger partial charge on any atom is -0.497 e. The number of hydrogen-bond donors (Lipinski definition) is 1. The number of methoxy groups -OCH3 is 2. The van der Waals surface area contributed by atoms with Crippen molar-refractivity contribution in [3.05, 3.63) is 47.0 Å². The molecule has 0 bridgehead atoms. The van der Waals surface area contributed by atoms with Gasteiger partial charge in [0.15, 0.2) is 5.13 Å². The Morgan fingerprint density at radius 3 is 2.70 bits per heavy atom. The van der Waals surface area contributed by atoms with E-state index >= 15 is 0 Å². The van der Waals surface area contributed by atoms with E-state index in [1.165, 1.54) is 11.3 Å². The van der Waals surface area contributed by atoms with Crippen LogP contribution in [0, 0.1) is 0 Å². The average Bonchev–Trinajstić information content (AvgIpc) is 2.96. The number of carbonyl (C=O) groups is 1. The molecule has 0 aliphatic carbocycles. The molecule has 0 aliphatic rings. The van der Waals surface area contributed by atoms with Gasteiger partial charge in [0, 0.05) is 6.07 Å². The van der Waals surface area contributed by atoms with Crippen molar-refractivity contribution in [1.82, 2.24) is 4.98 Å². The minimum absolute atomic E-state index is 0.305. The Morgan fingerprint density at radius 2 is 2.00 bits per heavy atom. The lowest BCUT2D eigenvalue weighted by Crippen LogP contribution is -2.12. The number of rotatable bonds is 4. The fraction of sp³-hybridized carbons (Fsp3) is 0.125. The number of benzene rings is 2. The zero-order valence-electron chi connectivity index (χ0n) is 12.4. The summed E-state index contributed by atoms with van der Waals surface area (Å²) in [7, 11) is 3.15. The van der Waals surface area contributed by atoms with Gasteiger partial charge in [-0.3, -0.25) is 10.1 Å². The highest BCUT2D eigenvalue weighted by atomic mass is 35.5. The van der Waals surface area contributed by atoms with Crippen molar-refractivity contribution in [3.8, 4) is 11.5 Å². The van der Waals surface area contributed by atoms with Crippen LogP contribution in [-0.4, -0.2) is 25.1 Å². The van der Waals surface area contributed by atoms with E-state index < -0.39 is 0 Å². The number of ether oxygens (including phenoxy) is 2. The van der Waals surface area contributed by atoms with E-state index in [0.717, 1.165) is 4.70 Å². The summed E-state index contributed by atoms with van der Waals surface area (Å²) in [5, 5.41) is 3.63. The number of amides is 1. The van der Waals surface area contributed by atoms with Gasteiger partial charge in [-0.05, 0) is 18.2 Å². The van der Waals surface area contributed by atoms with Gasteiger partial charge in [0.05, 0.1) is 29.5 Å². The van der Waals surface area contributed by atoms with Crippen molar-refractivity contribution in [1.29, 1.82) is 0 Å². The molecule has 0 aliphatic heterocycles. The van der Waals surface area contributed by atoms with Gasteiger partial charge in [-0.15, -0.1) is 0 Å². The molecule has 0 saturated carbocycles. The highest BCUT2D eigenvalue weighted by Crippen LogP contribution is 2.36. The van der Waals surface area contributed by atoms with Gasteiger partial charge in [-0.25, -0.2) is 4.98 Å². The summed E-state index contributed by atoms with van der Waals surface area (Å²) in [4.78, 5) is 16.7. The van der Waals surface area contributed by atoms with E-state index in [4.69, 9.17) is 21.1 Å². The van der Waals surface area contributed by atoms with Crippen LogP contribution in [0.2, 0.25) is 5.02 Å². The first-order valence-corrected chi connectivity index (χ1v) is 7.90. The molecule has 0 atom stereocenters. The minimum atomic E-state index is -0.305. The lowest BCUT2D eigenvalue weighted by molar-refractivity contribution is 0.102. The quantitative estimate of drug-likeness (QED) is 0.766. The highest BCUT2D eigenvalue weighted by Gasteiger charge is 2.15. The summed E-state index contributed by atoms with van der Waals surface area (Å²) in [6.45, 7) is 0. The maximum atomic E-state index is 12.3. The second kappa shape index (κ2) is 6.44. The molecule has 5 nitrogen and oxygen atoms in total. The SMILES string of the molecule is COc1cc(OC)c2nc(NC(=O)c3ccccc3Cl)sc2c1. The van der Waals surface area contributed by atoms with E-state index in [2.05, 4.69) is 10.3 Å². The number of aromatic nitrogens is 1. The summed E-state index contributed by atoms with van der Waals surface area (Å²) < 4.78 is 11.4. The smallest absolute Gasteiger partial charge is 0.258 e. The van der Waals surface area contributed by atoms with Crippen LogP contribution in [0.1, 0.15) is 10.4 Å². The van der Waals surface area contributed by atoms with E-state index in [9.17, 15) is 4.79 Å². The summed E-state index contributed by atoms with van der Waals surface area (Å²) in [6, 6.07) is 10.5. The molecule has 23 heavy (non-hydrogen) atoms. The van der Waals surface area contributed by atoms with Crippen molar-refractivity contribution < 1.29 is 14.3 Å². The first-order chi connectivity index (χ1) is 11.1. The van der Waals surface area contributed by atoms with E-state index in [-0.39, 0.29) is 5.91 Å². The van der Waals surface area contributed by atoms with Gasteiger partial charge in [0.25, 0.3) is 5.91 Å². The lowest BCUT2D eigenvalue weighted by atomic mass is 10.2. The van der Waals surface area contributed by atoms with Crippen LogP contribution in [0.25, 0.3) is 10.2 Å². The number of carbonyl (C=O) groups excluding carboxylic acids is 1. The van der Waals surface area contributed by atoms with Crippen molar-refractivity contribution in [2.45, 2.75) is 0 Å². The molecule has 0 fully saturated rings. The van der Waals surface area contributed by atoms with Crippen LogP contribution in [-0.2, 0) is 0 Å². The molecule has 1 N–H and O–H groups in total. The molecule has 0 radical (unpaired) electrons. The summed E-state index contributed by atoms with van der Waals surface area (Å²) in [6.07, 6.45) is 0. The molecule has 3 aromatic rings. The predicted molar refractivity (Wildman–Crippen MR) is 92.1 cm³/mol. The zero-order chi connectivity index (χ0) is 16.4. The molecule has 0 unspecified atom stereocenters. The predicted octanol–water partition coefficient (Wildman–Crippen LogP) is 4.22. The van der Waals surface area contributed by atoms with Crippen molar-refractivity contribution in [2.24, 2.45) is 0 Å². The highest BCUT2D eigenvalue weighted by molar-refractivity contribution is 7.22. The molecule has 0 saturated heterocycles. The van der Waals surface area contributed by atoms with Gasteiger partial charge >= 0.3 is 0 Å². The largest absolute Gasteiger partial charge is 0.497 e. The fourth-order valence-corrected chi connectivity index (χ4v) is 3.24. The topological polar surface area (TPSA) is 60.5 Å². The number of nitrogens with one attached hydrogen (secondary N) is 1. The van der Waals surface area contributed by atoms with Gasteiger partial charge in [0.2, 0.25) is 0 Å². The molecule has 1 aromatic heterocycles. The Labute approximate surface area is 141 Å². The second-order valence-corrected chi connectivity index (χ2v) is 6.07. The standard InChI is InChI=1S/C16H13ClN2O3S/c1-21-9-7-12(22-2)14-13(8-9)23-16(18-14)19-15(20)10-5-3-4-6-11(10)17/h3-8H,1-2H3,(H,18,19,20). The fourth-order valence-electron chi connectivity index (χ4n) is 2.11. The summed E-state index contributed by atoms with van der Waals surface area (Å²) in [5.41, 5.74) is 1.07. The number of anilines is 1. The van der Waals surface area contributed by atoms with Crippen LogP contribution in [0.5, 0.6) is 11.5 Å². The van der Waals surface area contributed by atoms with E-state index in [0.29, 0.717) is 32.7 Å². The number of thiazole rings is 1. The van der Waals surface area contributed by atoms with Crippen LogP contribution >= 0.6 is 22.9 Å². The van der Waals surface area contributed by atoms with Crippen LogP contribution in [0.3, 0.4) is 0 Å². The average molecular weight is 349 g/mol. The molecule has 118 valence electrons. The van der Waals surface area contributed by atoms with E-state index in [1.54, 1.807) is 44.6 Å². The maximum Gasteiger partial charge on any atom is 0.258 e. The Hall–Kier alpha value is -2.31. The summed E-state index contributed by atoms with van der Waals surface area (Å²) in [5.74, 6) is 0.955. The molecule has 7 heteroatoms.